The Kier molecular flexibility index (Phi) is 8.52. The number of amides is 1. The summed E-state index contributed by atoms with van der Waals surface area (Å²) in [7, 11) is 0. The highest BCUT2D eigenvalue weighted by molar-refractivity contribution is 5.85. The molecule has 0 aromatic carbocycles. The Hall–Kier alpha value is -2.23. The van der Waals surface area contributed by atoms with E-state index in [0.717, 1.165) is 56.8 Å². The largest absolute Gasteiger partial charge is 0.480 e. The first kappa shape index (κ1) is 23.9. The number of rotatable bonds is 10. The fourth-order valence-corrected chi connectivity index (χ4v) is 4.79. The van der Waals surface area contributed by atoms with E-state index in [1.165, 1.54) is 5.56 Å². The first-order valence-electron chi connectivity index (χ1n) is 12.3. The fourth-order valence-electron chi connectivity index (χ4n) is 4.79. The van der Waals surface area contributed by atoms with E-state index in [9.17, 15) is 14.7 Å². The van der Waals surface area contributed by atoms with E-state index in [-0.39, 0.29) is 17.9 Å². The van der Waals surface area contributed by atoms with Crippen molar-refractivity contribution in [3.05, 3.63) is 23.4 Å². The second-order valence-corrected chi connectivity index (χ2v) is 9.25. The molecule has 2 fully saturated rings. The molecule has 0 aliphatic carbocycles. The van der Waals surface area contributed by atoms with Crippen LogP contribution in [0.1, 0.15) is 43.4 Å². The zero-order valence-electron chi connectivity index (χ0n) is 19.3. The highest BCUT2D eigenvalue weighted by Gasteiger charge is 2.29. The number of carbonyl (C=O) groups excluding carboxylic acids is 1. The van der Waals surface area contributed by atoms with Crippen LogP contribution in [0.3, 0.4) is 0 Å². The molecule has 3 aliphatic rings. The van der Waals surface area contributed by atoms with E-state index in [2.05, 4.69) is 27.7 Å². The number of hydrogen-bond acceptors (Lipinski definition) is 7. The van der Waals surface area contributed by atoms with E-state index in [4.69, 9.17) is 14.5 Å². The maximum Gasteiger partial charge on any atom is 0.326 e. The first-order chi connectivity index (χ1) is 16.1. The van der Waals surface area contributed by atoms with Crippen molar-refractivity contribution in [3.8, 4) is 0 Å². The number of anilines is 1. The summed E-state index contributed by atoms with van der Waals surface area (Å²) >= 11 is 0. The van der Waals surface area contributed by atoms with Crippen molar-refractivity contribution >= 4 is 17.7 Å². The second-order valence-electron chi connectivity index (χ2n) is 9.25. The molecule has 1 amide bonds. The van der Waals surface area contributed by atoms with Gasteiger partial charge in [-0.05, 0) is 50.2 Å². The third-order valence-electron chi connectivity index (χ3n) is 6.83. The summed E-state index contributed by atoms with van der Waals surface area (Å²) in [5, 5.41) is 15.7. The van der Waals surface area contributed by atoms with Crippen LogP contribution in [0.2, 0.25) is 0 Å². The lowest BCUT2D eigenvalue weighted by atomic mass is 9.99. The van der Waals surface area contributed by atoms with Crippen molar-refractivity contribution in [2.75, 3.05) is 51.3 Å². The molecule has 3 aliphatic heterocycles. The third-order valence-corrected chi connectivity index (χ3v) is 6.83. The van der Waals surface area contributed by atoms with Crippen LogP contribution < -0.4 is 10.6 Å². The van der Waals surface area contributed by atoms with Gasteiger partial charge < -0.3 is 30.1 Å². The topological polar surface area (TPSA) is 113 Å². The van der Waals surface area contributed by atoms with Crippen molar-refractivity contribution in [1.82, 2.24) is 15.2 Å². The number of aryl methyl sites for hydroxylation is 1. The van der Waals surface area contributed by atoms with Crippen molar-refractivity contribution < 1.29 is 24.2 Å². The molecule has 9 heteroatoms. The van der Waals surface area contributed by atoms with Crippen LogP contribution in [0.15, 0.2) is 12.1 Å². The van der Waals surface area contributed by atoms with Gasteiger partial charge in [0.05, 0.1) is 12.7 Å². The molecule has 2 unspecified atom stereocenters. The molecular formula is C24H36N4O5. The number of nitrogens with zero attached hydrogens (tertiary/aromatic N) is 2. The molecular weight excluding hydrogens is 424 g/mol. The molecule has 4 rings (SSSR count). The lowest BCUT2D eigenvalue weighted by molar-refractivity contribution is -0.143. The maximum atomic E-state index is 12.4. The quantitative estimate of drug-likeness (QED) is 0.481. The van der Waals surface area contributed by atoms with Crippen LogP contribution in [-0.2, 0) is 31.9 Å². The number of carboxylic acid groups (broad SMARTS) is 1. The lowest BCUT2D eigenvalue weighted by Crippen LogP contribution is -2.46. The minimum atomic E-state index is -0.977. The molecule has 182 valence electrons. The van der Waals surface area contributed by atoms with E-state index in [1.54, 1.807) is 0 Å². The van der Waals surface area contributed by atoms with Crippen molar-refractivity contribution in [2.24, 2.45) is 5.92 Å². The molecule has 4 heterocycles. The molecule has 0 spiro atoms. The van der Waals surface area contributed by atoms with Gasteiger partial charge in [-0.2, -0.15) is 0 Å². The summed E-state index contributed by atoms with van der Waals surface area (Å²) in [6.45, 7) is 5.03. The summed E-state index contributed by atoms with van der Waals surface area (Å²) in [6, 6.07) is 3.40. The summed E-state index contributed by atoms with van der Waals surface area (Å²) in [5.74, 6) is -0.276. The average Bonchev–Trinajstić information content (AvgIpc) is 3.29. The van der Waals surface area contributed by atoms with E-state index in [1.807, 2.05) is 0 Å². The molecule has 0 radical (unpaired) electrons. The molecule has 3 N–H and O–H groups in total. The number of aliphatic carboxylic acids is 1. The molecule has 2 saturated heterocycles. The van der Waals surface area contributed by atoms with Gasteiger partial charge >= 0.3 is 5.97 Å². The Labute approximate surface area is 195 Å². The summed E-state index contributed by atoms with van der Waals surface area (Å²) in [6.07, 6.45) is 5.82. The Balaban J connectivity index is 1.15. The number of carbonyl (C=O) groups is 2. The molecule has 0 bridgehead atoms. The van der Waals surface area contributed by atoms with Crippen LogP contribution in [0, 0.1) is 5.92 Å². The molecule has 0 saturated carbocycles. The molecule has 2 atom stereocenters. The highest BCUT2D eigenvalue weighted by Crippen LogP contribution is 2.20. The summed E-state index contributed by atoms with van der Waals surface area (Å²) in [5.41, 5.74) is 2.34. The Morgan fingerprint density at radius 2 is 2.15 bits per heavy atom. The van der Waals surface area contributed by atoms with Gasteiger partial charge in [-0.3, -0.25) is 4.79 Å². The first-order valence-corrected chi connectivity index (χ1v) is 12.3. The zero-order chi connectivity index (χ0) is 23.0. The van der Waals surface area contributed by atoms with Crippen molar-refractivity contribution in [3.63, 3.8) is 0 Å². The Morgan fingerprint density at radius 1 is 1.30 bits per heavy atom. The molecule has 1 aromatic heterocycles. The minimum absolute atomic E-state index is 0.148. The maximum absolute atomic E-state index is 12.4. The van der Waals surface area contributed by atoms with Gasteiger partial charge in [0.2, 0.25) is 5.91 Å². The smallest absolute Gasteiger partial charge is 0.326 e. The second kappa shape index (κ2) is 11.8. The van der Waals surface area contributed by atoms with Crippen LogP contribution in [0.5, 0.6) is 0 Å². The summed E-state index contributed by atoms with van der Waals surface area (Å²) < 4.78 is 11.4. The number of fused-ring (bicyclic) bond motifs is 1. The SMILES string of the molecule is O=C(NC(CCN1CCC(OCCc2ccc3c(n2)NCCC3)C1)C(=O)O)C1CCOCC1. The number of hydrogen-bond donors (Lipinski definition) is 3. The number of likely N-dealkylation sites (tertiary alicyclic amines) is 1. The van der Waals surface area contributed by atoms with Crippen molar-refractivity contribution in [1.29, 1.82) is 0 Å². The van der Waals surface area contributed by atoms with E-state index >= 15 is 0 Å². The predicted molar refractivity (Wildman–Crippen MR) is 123 cm³/mol. The zero-order valence-corrected chi connectivity index (χ0v) is 19.3. The monoisotopic (exact) mass is 460 g/mol. The average molecular weight is 461 g/mol. The minimum Gasteiger partial charge on any atom is -0.480 e. The summed E-state index contributed by atoms with van der Waals surface area (Å²) in [4.78, 5) is 31.0. The van der Waals surface area contributed by atoms with Gasteiger partial charge in [-0.15, -0.1) is 0 Å². The number of pyridine rings is 1. The normalized spacial score (nSPS) is 22.4. The number of ether oxygens (including phenoxy) is 2. The van der Waals surface area contributed by atoms with Crippen LogP contribution in [0.25, 0.3) is 0 Å². The van der Waals surface area contributed by atoms with Gasteiger partial charge in [0, 0.05) is 57.4 Å². The Bertz CT molecular complexity index is 814. The van der Waals surface area contributed by atoms with Gasteiger partial charge in [-0.1, -0.05) is 6.07 Å². The van der Waals surface area contributed by atoms with Crippen molar-refractivity contribution in [2.45, 2.75) is 57.1 Å². The van der Waals surface area contributed by atoms with Crippen LogP contribution in [0.4, 0.5) is 5.82 Å². The highest BCUT2D eigenvalue weighted by atomic mass is 16.5. The van der Waals surface area contributed by atoms with Crippen LogP contribution >= 0.6 is 0 Å². The van der Waals surface area contributed by atoms with E-state index < -0.39 is 12.0 Å². The van der Waals surface area contributed by atoms with Gasteiger partial charge in [0.15, 0.2) is 0 Å². The molecule has 9 nitrogen and oxygen atoms in total. The fraction of sp³-hybridized carbons (Fsp3) is 0.708. The van der Waals surface area contributed by atoms with E-state index in [0.29, 0.717) is 45.6 Å². The Morgan fingerprint density at radius 3 is 2.97 bits per heavy atom. The van der Waals surface area contributed by atoms with Crippen LogP contribution in [-0.4, -0.2) is 85.0 Å². The number of aromatic nitrogens is 1. The van der Waals surface area contributed by atoms with Gasteiger partial charge in [0.1, 0.15) is 11.9 Å². The van der Waals surface area contributed by atoms with Gasteiger partial charge in [0.25, 0.3) is 0 Å². The molecule has 33 heavy (non-hydrogen) atoms. The number of nitrogens with one attached hydrogen (secondary N) is 2. The molecule has 1 aromatic rings. The predicted octanol–water partition coefficient (Wildman–Crippen LogP) is 1.46. The standard InChI is InChI=1S/C24H36N4O5/c29-23(18-7-13-32-14-8-18)27-21(24(30)31)6-12-28-11-5-20(16-28)33-15-9-19-4-3-17-2-1-10-25-22(17)26-19/h3-4,18,20-21H,1-2,5-16H2,(H,25,26)(H,27,29)(H,30,31). The third kappa shape index (κ3) is 6.88. The van der Waals surface area contributed by atoms with Gasteiger partial charge in [-0.25, -0.2) is 9.78 Å². The lowest BCUT2D eigenvalue weighted by Gasteiger charge is -2.24. The number of carboxylic acids is 1.